The maximum absolute atomic E-state index is 11.1. The molecule has 0 saturated heterocycles. The molecule has 0 aliphatic carbocycles. The average Bonchev–Trinajstić information content (AvgIpc) is 2.25. The number of carbonyl (C=O) groups is 1. The van der Waals surface area contributed by atoms with E-state index in [9.17, 15) is 13.2 Å². The molecule has 0 atom stereocenters. The lowest BCUT2D eigenvalue weighted by Crippen LogP contribution is -2.20. The zero-order valence-corrected chi connectivity index (χ0v) is 7.47. The van der Waals surface area contributed by atoms with Crippen LogP contribution in [0.2, 0.25) is 0 Å². The van der Waals surface area contributed by atoms with E-state index in [0.29, 0.717) is 0 Å². The first kappa shape index (κ1) is 9.69. The molecule has 0 fully saturated rings. The summed E-state index contributed by atoms with van der Waals surface area (Å²) >= 11 is 0. The largest absolute Gasteiger partial charge is 0.344 e. The van der Waals surface area contributed by atoms with Gasteiger partial charge in [0.05, 0.1) is 5.56 Å². The highest BCUT2D eigenvalue weighted by Gasteiger charge is 2.31. The van der Waals surface area contributed by atoms with Gasteiger partial charge in [0.2, 0.25) is 0 Å². The average molecular weight is 200 g/mol. The Balaban J connectivity index is 0.000000845. The van der Waals surface area contributed by atoms with Gasteiger partial charge in [-0.15, -0.1) is 0 Å². The molecule has 13 heavy (non-hydrogen) atoms. The van der Waals surface area contributed by atoms with E-state index in [-0.39, 0.29) is 16.6 Å². The van der Waals surface area contributed by atoms with E-state index in [1.807, 2.05) is 4.72 Å². The highest BCUT2D eigenvalue weighted by Crippen LogP contribution is 2.20. The van der Waals surface area contributed by atoms with Crippen molar-refractivity contribution in [2.45, 2.75) is 4.90 Å². The third-order valence-corrected chi connectivity index (χ3v) is 3.04. The Morgan fingerprint density at radius 1 is 1.15 bits per heavy atom. The van der Waals surface area contributed by atoms with Crippen LogP contribution in [0.15, 0.2) is 29.2 Å². The first-order valence-electron chi connectivity index (χ1n) is 3.27. The Hall–Kier alpha value is -1.40. The number of hydrogen-bond donors (Lipinski definition) is 2. The van der Waals surface area contributed by atoms with Crippen molar-refractivity contribution < 1.29 is 13.2 Å². The van der Waals surface area contributed by atoms with Crippen molar-refractivity contribution in [3.05, 3.63) is 29.8 Å². The van der Waals surface area contributed by atoms with Crippen LogP contribution in [0.4, 0.5) is 0 Å². The molecule has 0 saturated carbocycles. The van der Waals surface area contributed by atoms with Crippen molar-refractivity contribution in [1.29, 1.82) is 0 Å². The molecular weight excluding hydrogens is 192 g/mol. The lowest BCUT2D eigenvalue weighted by Gasteiger charge is -1.91. The van der Waals surface area contributed by atoms with Gasteiger partial charge in [-0.05, 0) is 12.1 Å². The minimum absolute atomic E-state index is 0. The quantitative estimate of drug-likeness (QED) is 0.628. The molecule has 0 radical (unpaired) electrons. The Bertz CT molecular complexity index is 453. The van der Waals surface area contributed by atoms with E-state index in [2.05, 4.69) is 0 Å². The summed E-state index contributed by atoms with van der Waals surface area (Å²) in [5, 5.41) is 0. The highest BCUT2D eigenvalue weighted by molar-refractivity contribution is 7.90. The van der Waals surface area contributed by atoms with Crippen LogP contribution in [0.25, 0.3) is 0 Å². The molecule has 0 spiro atoms. The Kier molecular flexibility index (Phi) is 2.10. The molecule has 1 aromatic carbocycles. The molecule has 0 unspecified atom stereocenters. The predicted molar refractivity (Wildman–Crippen MR) is 46.1 cm³/mol. The van der Waals surface area contributed by atoms with Crippen LogP contribution in [-0.4, -0.2) is 14.3 Å². The van der Waals surface area contributed by atoms with Crippen LogP contribution in [0.3, 0.4) is 0 Å². The standard InChI is InChI=1S/C7H5NO3S.H3N/c9-7-5-3-1-2-4-6(5)12(10,11)8-7;/h1-4H,(H,8,9);1H3. The van der Waals surface area contributed by atoms with E-state index in [1.165, 1.54) is 12.1 Å². The Morgan fingerprint density at radius 3 is 2.38 bits per heavy atom. The molecule has 6 heteroatoms. The lowest BCUT2D eigenvalue weighted by molar-refractivity contribution is 0.0985. The molecule has 4 N–H and O–H groups in total. The summed E-state index contributed by atoms with van der Waals surface area (Å²) in [4.78, 5) is 11.1. The van der Waals surface area contributed by atoms with Gasteiger partial charge in [-0.2, -0.15) is 0 Å². The minimum Gasteiger partial charge on any atom is -0.344 e. The summed E-state index contributed by atoms with van der Waals surface area (Å²) in [5.74, 6) is -0.550. The molecule has 0 bridgehead atoms. The fourth-order valence-electron chi connectivity index (χ4n) is 1.12. The van der Waals surface area contributed by atoms with Crippen molar-refractivity contribution >= 4 is 15.9 Å². The number of carbonyl (C=O) groups excluding carboxylic acids is 1. The zero-order chi connectivity index (χ0) is 8.77. The van der Waals surface area contributed by atoms with Gasteiger partial charge in [-0.25, -0.2) is 13.1 Å². The summed E-state index contributed by atoms with van der Waals surface area (Å²) < 4.78 is 24.2. The van der Waals surface area contributed by atoms with Crippen LogP contribution < -0.4 is 10.9 Å². The van der Waals surface area contributed by atoms with E-state index in [4.69, 9.17) is 0 Å². The molecular formula is C7H8N2O3S. The fourth-order valence-corrected chi connectivity index (χ4v) is 2.29. The summed E-state index contributed by atoms with van der Waals surface area (Å²) in [6.07, 6.45) is 0. The van der Waals surface area contributed by atoms with E-state index in [0.717, 1.165) is 0 Å². The van der Waals surface area contributed by atoms with Crippen molar-refractivity contribution in [2.75, 3.05) is 0 Å². The fraction of sp³-hybridized carbons (Fsp3) is 0. The second kappa shape index (κ2) is 2.82. The number of rotatable bonds is 0. The normalized spacial score (nSPS) is 17.1. The van der Waals surface area contributed by atoms with E-state index < -0.39 is 15.9 Å². The van der Waals surface area contributed by atoms with Gasteiger partial charge >= 0.3 is 0 Å². The number of benzene rings is 1. The molecule has 0 aromatic heterocycles. The summed E-state index contributed by atoms with van der Waals surface area (Å²) in [7, 11) is -3.55. The predicted octanol–water partition coefficient (Wildman–Crippen LogP) is 0.281. The number of hydrogen-bond acceptors (Lipinski definition) is 4. The van der Waals surface area contributed by atoms with Gasteiger partial charge in [0.1, 0.15) is 4.90 Å². The van der Waals surface area contributed by atoms with Crippen LogP contribution in [0, 0.1) is 0 Å². The van der Waals surface area contributed by atoms with Crippen LogP contribution in [0.5, 0.6) is 0 Å². The van der Waals surface area contributed by atoms with Crippen LogP contribution in [-0.2, 0) is 10.0 Å². The molecule has 1 heterocycles. The molecule has 1 aliphatic heterocycles. The number of nitrogens with one attached hydrogen (secondary N) is 1. The maximum atomic E-state index is 11.1. The van der Waals surface area contributed by atoms with E-state index >= 15 is 0 Å². The summed E-state index contributed by atoms with van der Waals surface area (Å²) in [6, 6.07) is 6.09. The second-order valence-electron chi connectivity index (χ2n) is 2.43. The SMILES string of the molecule is N.O=C1NS(=O)(=O)c2ccccc21. The molecule has 2 rings (SSSR count). The van der Waals surface area contributed by atoms with Gasteiger partial charge in [0.15, 0.2) is 0 Å². The highest BCUT2D eigenvalue weighted by atomic mass is 32.2. The molecule has 70 valence electrons. The third-order valence-electron chi connectivity index (χ3n) is 1.65. The first-order valence-corrected chi connectivity index (χ1v) is 4.76. The lowest BCUT2D eigenvalue weighted by atomic mass is 10.2. The monoisotopic (exact) mass is 200 g/mol. The molecule has 1 amide bonds. The van der Waals surface area contributed by atoms with Gasteiger partial charge < -0.3 is 6.15 Å². The number of amides is 1. The molecule has 5 nitrogen and oxygen atoms in total. The van der Waals surface area contributed by atoms with Crippen molar-refractivity contribution in [1.82, 2.24) is 10.9 Å². The number of sulfonamides is 1. The first-order chi connectivity index (χ1) is 5.61. The van der Waals surface area contributed by atoms with Crippen molar-refractivity contribution in [3.63, 3.8) is 0 Å². The Morgan fingerprint density at radius 2 is 1.77 bits per heavy atom. The van der Waals surface area contributed by atoms with Gasteiger partial charge in [0, 0.05) is 0 Å². The smallest absolute Gasteiger partial charge is 0.266 e. The number of fused-ring (bicyclic) bond motifs is 1. The summed E-state index contributed by atoms with van der Waals surface area (Å²) in [6.45, 7) is 0. The topological polar surface area (TPSA) is 98.2 Å². The van der Waals surface area contributed by atoms with Crippen LogP contribution in [0.1, 0.15) is 10.4 Å². The minimum atomic E-state index is -3.55. The van der Waals surface area contributed by atoms with Crippen molar-refractivity contribution in [2.24, 2.45) is 0 Å². The Labute approximate surface area is 75.4 Å². The van der Waals surface area contributed by atoms with Crippen LogP contribution >= 0.6 is 0 Å². The van der Waals surface area contributed by atoms with Gasteiger partial charge in [-0.3, -0.25) is 4.79 Å². The summed E-state index contributed by atoms with van der Waals surface area (Å²) in [5.41, 5.74) is 0.220. The zero-order valence-electron chi connectivity index (χ0n) is 6.65. The molecule has 1 aromatic rings. The van der Waals surface area contributed by atoms with Crippen molar-refractivity contribution in [3.8, 4) is 0 Å². The maximum Gasteiger partial charge on any atom is 0.266 e. The van der Waals surface area contributed by atoms with E-state index in [1.54, 1.807) is 12.1 Å². The third kappa shape index (κ3) is 1.30. The second-order valence-corrected chi connectivity index (χ2v) is 4.08. The van der Waals surface area contributed by atoms with Gasteiger partial charge in [0.25, 0.3) is 15.9 Å². The molecule has 1 aliphatic rings. The van der Waals surface area contributed by atoms with Gasteiger partial charge in [-0.1, -0.05) is 12.1 Å².